The van der Waals surface area contributed by atoms with Gasteiger partial charge in [-0.1, -0.05) is 0 Å². The van der Waals surface area contributed by atoms with E-state index in [1.165, 1.54) is 17.1 Å². The number of aromatic nitrogens is 2. The zero-order chi connectivity index (χ0) is 11.5. The van der Waals surface area contributed by atoms with Crippen LogP contribution in [0.3, 0.4) is 0 Å². The van der Waals surface area contributed by atoms with Crippen LogP contribution in [0.15, 0.2) is 36.4 Å². The number of nitrogens with two attached hydrogens (primary N) is 1. The first kappa shape index (κ1) is 10.5. The van der Waals surface area contributed by atoms with Crippen LogP contribution in [0, 0.1) is 5.82 Å². The Morgan fingerprint density at radius 3 is 2.25 bits per heavy atom. The lowest BCUT2D eigenvalue weighted by Crippen LogP contribution is -2.26. The molecule has 5 heteroatoms. The fourth-order valence-corrected chi connectivity index (χ4v) is 1.29. The molecule has 0 bridgehead atoms. The van der Waals surface area contributed by atoms with E-state index in [0.29, 0.717) is 11.5 Å². The summed E-state index contributed by atoms with van der Waals surface area (Å²) in [7, 11) is 1.68. The fourth-order valence-electron chi connectivity index (χ4n) is 1.29. The van der Waals surface area contributed by atoms with Gasteiger partial charge >= 0.3 is 0 Å². The molecule has 0 unspecified atom stereocenters. The van der Waals surface area contributed by atoms with E-state index in [1.807, 2.05) is 0 Å². The number of benzene rings is 1. The topological polar surface area (TPSA) is 55.0 Å². The molecule has 0 aliphatic heterocycles. The van der Waals surface area contributed by atoms with E-state index in [-0.39, 0.29) is 5.82 Å². The third kappa shape index (κ3) is 2.14. The highest BCUT2D eigenvalue weighted by atomic mass is 19.1. The minimum atomic E-state index is -0.268. The minimum Gasteiger partial charge on any atom is -0.297 e. The molecule has 2 rings (SSSR count). The monoisotopic (exact) mass is 218 g/mol. The van der Waals surface area contributed by atoms with Crippen molar-refractivity contribution in [3.05, 3.63) is 42.2 Å². The zero-order valence-corrected chi connectivity index (χ0v) is 8.76. The van der Waals surface area contributed by atoms with Crippen molar-refractivity contribution in [3.8, 4) is 11.3 Å². The van der Waals surface area contributed by atoms with Gasteiger partial charge in [0.2, 0.25) is 0 Å². The van der Waals surface area contributed by atoms with E-state index >= 15 is 0 Å². The number of hydrogen-bond donors (Lipinski definition) is 1. The van der Waals surface area contributed by atoms with Crippen LogP contribution < -0.4 is 10.9 Å². The zero-order valence-electron chi connectivity index (χ0n) is 8.76. The van der Waals surface area contributed by atoms with Gasteiger partial charge in [0.25, 0.3) is 0 Å². The minimum absolute atomic E-state index is 0.268. The van der Waals surface area contributed by atoms with Gasteiger partial charge in [-0.2, -0.15) is 0 Å². The quantitative estimate of drug-likeness (QED) is 0.614. The van der Waals surface area contributed by atoms with Crippen molar-refractivity contribution in [2.75, 3.05) is 12.1 Å². The van der Waals surface area contributed by atoms with Gasteiger partial charge in [0.1, 0.15) is 5.82 Å². The smallest absolute Gasteiger partial charge is 0.164 e. The molecule has 0 fully saturated rings. The van der Waals surface area contributed by atoms with Crippen LogP contribution in [0.2, 0.25) is 0 Å². The fraction of sp³-hybridized carbons (Fsp3) is 0.0909. The van der Waals surface area contributed by atoms with Crippen molar-refractivity contribution in [3.63, 3.8) is 0 Å². The standard InChI is InChI=1S/C11H11FN4/c1-16(13)11-7-6-10(14-15-11)8-2-4-9(12)5-3-8/h2-7H,13H2,1H3. The van der Waals surface area contributed by atoms with Gasteiger partial charge in [0.15, 0.2) is 5.82 Å². The largest absolute Gasteiger partial charge is 0.297 e. The number of hydrogen-bond acceptors (Lipinski definition) is 4. The number of hydrazine groups is 1. The summed E-state index contributed by atoms with van der Waals surface area (Å²) in [5.74, 6) is 5.81. The molecule has 0 saturated carbocycles. The van der Waals surface area contributed by atoms with Crippen LogP contribution in [-0.4, -0.2) is 17.2 Å². The first-order valence-corrected chi connectivity index (χ1v) is 4.75. The number of rotatable bonds is 2. The van der Waals surface area contributed by atoms with E-state index in [9.17, 15) is 4.39 Å². The predicted octanol–water partition coefficient (Wildman–Crippen LogP) is 1.59. The van der Waals surface area contributed by atoms with Gasteiger partial charge in [-0.05, 0) is 36.4 Å². The summed E-state index contributed by atoms with van der Waals surface area (Å²) < 4.78 is 12.7. The molecule has 0 spiro atoms. The summed E-state index contributed by atoms with van der Waals surface area (Å²) in [6.07, 6.45) is 0. The highest BCUT2D eigenvalue weighted by Gasteiger charge is 2.02. The van der Waals surface area contributed by atoms with Crippen LogP contribution in [-0.2, 0) is 0 Å². The maximum Gasteiger partial charge on any atom is 0.164 e. The maximum absolute atomic E-state index is 12.7. The third-order valence-corrected chi connectivity index (χ3v) is 2.15. The van der Waals surface area contributed by atoms with E-state index < -0.39 is 0 Å². The van der Waals surface area contributed by atoms with Crippen LogP contribution in [0.25, 0.3) is 11.3 Å². The number of halogens is 1. The molecule has 2 aromatic rings. The molecule has 0 atom stereocenters. The van der Waals surface area contributed by atoms with Crippen LogP contribution in [0.5, 0.6) is 0 Å². The van der Waals surface area contributed by atoms with Gasteiger partial charge < -0.3 is 0 Å². The highest BCUT2D eigenvalue weighted by Crippen LogP contribution is 2.17. The summed E-state index contributed by atoms with van der Waals surface area (Å²) in [6.45, 7) is 0. The van der Waals surface area contributed by atoms with Crippen molar-refractivity contribution in [1.29, 1.82) is 0 Å². The first-order valence-electron chi connectivity index (χ1n) is 4.75. The third-order valence-electron chi connectivity index (χ3n) is 2.15. The Hall–Kier alpha value is -2.01. The Labute approximate surface area is 92.5 Å². The average molecular weight is 218 g/mol. The summed E-state index contributed by atoms with van der Waals surface area (Å²) >= 11 is 0. The molecule has 0 amide bonds. The summed E-state index contributed by atoms with van der Waals surface area (Å²) in [5, 5.41) is 9.32. The lowest BCUT2D eigenvalue weighted by Gasteiger charge is -2.09. The van der Waals surface area contributed by atoms with E-state index in [0.717, 1.165) is 5.56 Å². The predicted molar refractivity (Wildman–Crippen MR) is 60.0 cm³/mol. The summed E-state index contributed by atoms with van der Waals surface area (Å²) in [6, 6.07) is 9.64. The Morgan fingerprint density at radius 2 is 1.75 bits per heavy atom. The van der Waals surface area contributed by atoms with Crippen molar-refractivity contribution in [1.82, 2.24) is 10.2 Å². The van der Waals surface area contributed by atoms with Crippen molar-refractivity contribution >= 4 is 5.82 Å². The Balaban J connectivity index is 2.31. The molecule has 4 nitrogen and oxygen atoms in total. The first-order chi connectivity index (χ1) is 7.66. The Kier molecular flexibility index (Phi) is 2.78. The van der Waals surface area contributed by atoms with E-state index in [1.54, 1.807) is 31.3 Å². The van der Waals surface area contributed by atoms with Gasteiger partial charge in [0.05, 0.1) is 5.69 Å². The lowest BCUT2D eigenvalue weighted by molar-refractivity contribution is 0.628. The van der Waals surface area contributed by atoms with E-state index in [4.69, 9.17) is 5.84 Å². The Morgan fingerprint density at radius 1 is 1.06 bits per heavy atom. The SMILES string of the molecule is CN(N)c1ccc(-c2ccc(F)cc2)nn1. The molecule has 0 aliphatic rings. The molecule has 1 heterocycles. The van der Waals surface area contributed by atoms with Crippen LogP contribution >= 0.6 is 0 Å². The molecule has 0 aliphatic carbocycles. The highest BCUT2D eigenvalue weighted by molar-refractivity contribution is 5.59. The molecule has 0 radical (unpaired) electrons. The molecule has 82 valence electrons. The second-order valence-corrected chi connectivity index (χ2v) is 3.39. The lowest BCUT2D eigenvalue weighted by atomic mass is 10.1. The normalized spacial score (nSPS) is 10.2. The summed E-state index contributed by atoms with van der Waals surface area (Å²) in [5.41, 5.74) is 1.51. The molecular weight excluding hydrogens is 207 g/mol. The van der Waals surface area contributed by atoms with Gasteiger partial charge in [-0.3, -0.25) is 5.01 Å². The van der Waals surface area contributed by atoms with Crippen molar-refractivity contribution < 1.29 is 4.39 Å². The van der Waals surface area contributed by atoms with Crippen LogP contribution in [0.1, 0.15) is 0 Å². The number of nitrogens with zero attached hydrogens (tertiary/aromatic N) is 3. The van der Waals surface area contributed by atoms with E-state index in [2.05, 4.69) is 10.2 Å². The average Bonchev–Trinajstić information content (AvgIpc) is 2.30. The Bertz CT molecular complexity index is 464. The van der Waals surface area contributed by atoms with Gasteiger partial charge in [0, 0.05) is 12.6 Å². The van der Waals surface area contributed by atoms with Crippen molar-refractivity contribution in [2.45, 2.75) is 0 Å². The molecular formula is C11H11FN4. The second kappa shape index (κ2) is 4.24. The summed E-state index contributed by atoms with van der Waals surface area (Å²) in [4.78, 5) is 0. The maximum atomic E-state index is 12.7. The molecule has 0 saturated heterocycles. The molecule has 1 aromatic heterocycles. The molecule has 1 aromatic carbocycles. The van der Waals surface area contributed by atoms with Crippen LogP contribution in [0.4, 0.5) is 10.2 Å². The second-order valence-electron chi connectivity index (χ2n) is 3.39. The molecule has 2 N–H and O–H groups in total. The van der Waals surface area contributed by atoms with Crippen molar-refractivity contribution in [2.24, 2.45) is 5.84 Å². The number of anilines is 1. The molecule has 16 heavy (non-hydrogen) atoms. The van der Waals surface area contributed by atoms with Gasteiger partial charge in [-0.15, -0.1) is 10.2 Å². The van der Waals surface area contributed by atoms with Gasteiger partial charge in [-0.25, -0.2) is 10.2 Å².